The molecule has 2 nitrogen and oxygen atoms in total. The van der Waals surface area contributed by atoms with Crippen molar-refractivity contribution in [3.63, 3.8) is 0 Å². The Morgan fingerprint density at radius 3 is 2.64 bits per heavy atom. The van der Waals surface area contributed by atoms with Crippen molar-refractivity contribution >= 4 is 0 Å². The molecule has 2 N–H and O–H groups in total. The van der Waals surface area contributed by atoms with E-state index < -0.39 is 0 Å². The number of nitrogens with two attached hydrogens (primary N) is 1. The van der Waals surface area contributed by atoms with E-state index in [1.807, 2.05) is 6.92 Å². The Kier molecular flexibility index (Phi) is 3.47. The molecule has 0 saturated heterocycles. The molecule has 1 unspecified atom stereocenters. The van der Waals surface area contributed by atoms with Gasteiger partial charge in [-0.15, -0.1) is 0 Å². The van der Waals surface area contributed by atoms with Crippen LogP contribution in [0.4, 0.5) is 4.39 Å². The predicted octanol–water partition coefficient (Wildman–Crippen LogP) is 2.03. The molecular weight excluding hydrogens is 181 g/mol. The van der Waals surface area contributed by atoms with Gasteiger partial charge in [-0.1, -0.05) is 0 Å². The molecule has 0 radical (unpaired) electrons. The monoisotopic (exact) mass is 197 g/mol. The van der Waals surface area contributed by atoms with Gasteiger partial charge in [0, 0.05) is 12.1 Å². The van der Waals surface area contributed by atoms with Crippen molar-refractivity contribution in [1.82, 2.24) is 0 Å². The topological polar surface area (TPSA) is 35.2 Å². The van der Waals surface area contributed by atoms with Gasteiger partial charge in [0.25, 0.3) is 0 Å². The van der Waals surface area contributed by atoms with E-state index in [0.29, 0.717) is 17.7 Å². The lowest BCUT2D eigenvalue weighted by atomic mass is 10.0. The molecule has 0 saturated carbocycles. The minimum Gasteiger partial charge on any atom is -0.496 e. The molecule has 14 heavy (non-hydrogen) atoms. The molecule has 0 aliphatic rings. The quantitative estimate of drug-likeness (QED) is 0.804. The third-order valence-corrected chi connectivity index (χ3v) is 2.10. The summed E-state index contributed by atoms with van der Waals surface area (Å²) in [5.74, 6) is 0.334. The first-order valence-electron chi connectivity index (χ1n) is 4.63. The van der Waals surface area contributed by atoms with Crippen LogP contribution in [0.15, 0.2) is 12.1 Å². The first-order valence-corrected chi connectivity index (χ1v) is 4.63. The van der Waals surface area contributed by atoms with Crippen LogP contribution in [-0.2, 0) is 6.42 Å². The van der Waals surface area contributed by atoms with Gasteiger partial charge < -0.3 is 10.5 Å². The van der Waals surface area contributed by atoms with Crippen LogP contribution in [0.5, 0.6) is 5.75 Å². The second-order valence-electron chi connectivity index (χ2n) is 3.59. The molecule has 1 aromatic carbocycles. The van der Waals surface area contributed by atoms with E-state index in [1.165, 1.54) is 13.2 Å². The lowest BCUT2D eigenvalue weighted by Crippen LogP contribution is -2.18. The lowest BCUT2D eigenvalue weighted by molar-refractivity contribution is 0.404. The van der Waals surface area contributed by atoms with Crippen molar-refractivity contribution in [2.75, 3.05) is 7.11 Å². The van der Waals surface area contributed by atoms with Crippen LogP contribution in [0.2, 0.25) is 0 Å². The van der Waals surface area contributed by atoms with E-state index in [2.05, 4.69) is 0 Å². The van der Waals surface area contributed by atoms with Crippen molar-refractivity contribution in [2.45, 2.75) is 26.3 Å². The number of hydrogen-bond acceptors (Lipinski definition) is 2. The van der Waals surface area contributed by atoms with Crippen LogP contribution in [0.25, 0.3) is 0 Å². The van der Waals surface area contributed by atoms with Gasteiger partial charge in [0.15, 0.2) is 0 Å². The van der Waals surface area contributed by atoms with Gasteiger partial charge in [0.2, 0.25) is 0 Å². The van der Waals surface area contributed by atoms with E-state index in [-0.39, 0.29) is 11.9 Å². The molecule has 0 aliphatic carbocycles. The first-order chi connectivity index (χ1) is 6.54. The highest BCUT2D eigenvalue weighted by Gasteiger charge is 2.09. The van der Waals surface area contributed by atoms with Crippen molar-refractivity contribution < 1.29 is 9.13 Å². The van der Waals surface area contributed by atoms with E-state index >= 15 is 0 Å². The molecular formula is C11H16FNO. The summed E-state index contributed by atoms with van der Waals surface area (Å²) in [5, 5.41) is 0. The zero-order valence-corrected chi connectivity index (χ0v) is 8.80. The molecule has 1 rings (SSSR count). The largest absolute Gasteiger partial charge is 0.496 e. The summed E-state index contributed by atoms with van der Waals surface area (Å²) in [5.41, 5.74) is 7.27. The fourth-order valence-electron chi connectivity index (χ4n) is 1.42. The number of hydrogen-bond donors (Lipinski definition) is 1. The first kappa shape index (κ1) is 11.0. The number of benzene rings is 1. The maximum absolute atomic E-state index is 13.2. The SMILES string of the molecule is COc1cc(F)c(C)cc1CC(C)N. The van der Waals surface area contributed by atoms with Crippen LogP contribution >= 0.6 is 0 Å². The molecule has 0 spiro atoms. The summed E-state index contributed by atoms with van der Waals surface area (Å²) < 4.78 is 18.3. The van der Waals surface area contributed by atoms with Gasteiger partial charge in [0.1, 0.15) is 11.6 Å². The maximum atomic E-state index is 13.2. The summed E-state index contributed by atoms with van der Waals surface area (Å²) in [6.45, 7) is 3.65. The number of aryl methyl sites for hydroxylation is 1. The Morgan fingerprint density at radius 1 is 1.50 bits per heavy atom. The zero-order valence-electron chi connectivity index (χ0n) is 8.80. The average molecular weight is 197 g/mol. The molecule has 0 aliphatic heterocycles. The smallest absolute Gasteiger partial charge is 0.129 e. The lowest BCUT2D eigenvalue weighted by Gasteiger charge is -2.12. The molecule has 0 amide bonds. The minimum atomic E-state index is -0.240. The Labute approximate surface area is 83.9 Å². The molecule has 0 bridgehead atoms. The molecule has 78 valence electrons. The second-order valence-corrected chi connectivity index (χ2v) is 3.59. The highest BCUT2D eigenvalue weighted by Crippen LogP contribution is 2.23. The fraction of sp³-hybridized carbons (Fsp3) is 0.455. The number of ether oxygens (including phenoxy) is 1. The minimum absolute atomic E-state index is 0.0498. The Morgan fingerprint density at radius 2 is 2.14 bits per heavy atom. The third kappa shape index (κ3) is 2.45. The molecule has 1 aromatic rings. The normalized spacial score (nSPS) is 12.6. The molecule has 0 heterocycles. The van der Waals surface area contributed by atoms with E-state index in [4.69, 9.17) is 10.5 Å². The van der Waals surface area contributed by atoms with Crippen molar-refractivity contribution in [3.8, 4) is 5.75 Å². The molecule has 3 heteroatoms. The molecule has 0 fully saturated rings. The van der Waals surface area contributed by atoms with Gasteiger partial charge in [-0.05, 0) is 37.5 Å². The Hall–Kier alpha value is -1.09. The van der Waals surface area contributed by atoms with Gasteiger partial charge in [-0.2, -0.15) is 0 Å². The Bertz CT molecular complexity index is 323. The number of halogens is 1. The summed E-state index contributed by atoms with van der Waals surface area (Å²) >= 11 is 0. The summed E-state index contributed by atoms with van der Waals surface area (Å²) in [6, 6.07) is 3.25. The van der Waals surface area contributed by atoms with E-state index in [0.717, 1.165) is 5.56 Å². The van der Waals surface area contributed by atoms with Gasteiger partial charge in [-0.25, -0.2) is 4.39 Å². The number of methoxy groups -OCH3 is 1. The average Bonchev–Trinajstić information content (AvgIpc) is 2.10. The van der Waals surface area contributed by atoms with Gasteiger partial charge >= 0.3 is 0 Å². The van der Waals surface area contributed by atoms with Crippen LogP contribution in [0.1, 0.15) is 18.1 Å². The third-order valence-electron chi connectivity index (χ3n) is 2.10. The Balaban J connectivity index is 3.07. The van der Waals surface area contributed by atoms with Gasteiger partial charge in [0.05, 0.1) is 7.11 Å². The zero-order chi connectivity index (χ0) is 10.7. The van der Waals surface area contributed by atoms with Gasteiger partial charge in [-0.3, -0.25) is 0 Å². The van der Waals surface area contributed by atoms with E-state index in [9.17, 15) is 4.39 Å². The summed E-state index contributed by atoms with van der Waals surface area (Å²) in [6.07, 6.45) is 0.699. The van der Waals surface area contributed by atoms with Crippen LogP contribution in [0, 0.1) is 12.7 Å². The fourth-order valence-corrected chi connectivity index (χ4v) is 1.42. The maximum Gasteiger partial charge on any atom is 0.129 e. The summed E-state index contributed by atoms with van der Waals surface area (Å²) in [7, 11) is 1.54. The highest BCUT2D eigenvalue weighted by molar-refractivity contribution is 5.38. The molecule has 1 atom stereocenters. The standard InChI is InChI=1S/C11H16FNO/c1-7-4-9(5-8(2)13)11(14-3)6-10(7)12/h4,6,8H,5,13H2,1-3H3. The second kappa shape index (κ2) is 4.42. The van der Waals surface area contributed by atoms with Crippen molar-refractivity contribution in [3.05, 3.63) is 29.1 Å². The highest BCUT2D eigenvalue weighted by atomic mass is 19.1. The molecule has 0 aromatic heterocycles. The predicted molar refractivity (Wildman–Crippen MR) is 55.0 cm³/mol. The van der Waals surface area contributed by atoms with Crippen LogP contribution < -0.4 is 10.5 Å². The van der Waals surface area contributed by atoms with Crippen molar-refractivity contribution in [1.29, 1.82) is 0 Å². The van der Waals surface area contributed by atoms with Crippen molar-refractivity contribution in [2.24, 2.45) is 5.73 Å². The van der Waals surface area contributed by atoms with E-state index in [1.54, 1.807) is 13.0 Å². The number of rotatable bonds is 3. The van der Waals surface area contributed by atoms with Crippen LogP contribution in [0.3, 0.4) is 0 Å². The summed E-state index contributed by atoms with van der Waals surface area (Å²) in [4.78, 5) is 0. The van der Waals surface area contributed by atoms with Crippen LogP contribution in [-0.4, -0.2) is 13.2 Å².